The number of rotatable bonds is 4. The molecule has 0 bridgehead atoms. The summed E-state index contributed by atoms with van der Waals surface area (Å²) in [5.74, 6) is -0.639. The van der Waals surface area contributed by atoms with Crippen molar-refractivity contribution in [2.45, 2.75) is 38.7 Å². The lowest BCUT2D eigenvalue weighted by atomic mass is 10.2. The highest BCUT2D eigenvalue weighted by Crippen LogP contribution is 2.14. The van der Waals surface area contributed by atoms with Crippen molar-refractivity contribution in [1.82, 2.24) is 25.1 Å². The maximum Gasteiger partial charge on any atom is 0.338 e. The fourth-order valence-corrected chi connectivity index (χ4v) is 2.86. The molecular weight excluding hydrogens is 322 g/mol. The largest absolute Gasteiger partial charge is 0.449 e. The first-order valence-corrected chi connectivity index (χ1v) is 8.48. The zero-order valence-corrected chi connectivity index (χ0v) is 14.2. The van der Waals surface area contributed by atoms with Crippen LogP contribution in [0.25, 0.3) is 5.69 Å². The molecule has 1 atom stereocenters. The van der Waals surface area contributed by atoms with Gasteiger partial charge in [0.15, 0.2) is 6.10 Å². The number of benzene rings is 1. The average Bonchev–Trinajstić information content (AvgIpc) is 3.03. The minimum Gasteiger partial charge on any atom is -0.449 e. The molecule has 8 nitrogen and oxygen atoms in total. The Morgan fingerprint density at radius 1 is 1.08 bits per heavy atom. The first kappa shape index (κ1) is 17.1. The molecule has 1 unspecified atom stereocenters. The van der Waals surface area contributed by atoms with Gasteiger partial charge in [-0.15, -0.1) is 5.10 Å². The average molecular weight is 343 g/mol. The molecular formula is C17H21N5O3. The van der Waals surface area contributed by atoms with Crippen LogP contribution in [0.15, 0.2) is 30.6 Å². The quantitative estimate of drug-likeness (QED) is 0.784. The molecule has 8 heteroatoms. The molecule has 1 aromatic carbocycles. The van der Waals surface area contributed by atoms with Crippen LogP contribution in [0.4, 0.5) is 0 Å². The van der Waals surface area contributed by atoms with Gasteiger partial charge in [0, 0.05) is 13.1 Å². The summed E-state index contributed by atoms with van der Waals surface area (Å²) in [6, 6.07) is 6.69. The maximum atomic E-state index is 12.5. The zero-order chi connectivity index (χ0) is 17.6. The van der Waals surface area contributed by atoms with Crippen molar-refractivity contribution >= 4 is 11.9 Å². The molecule has 1 aliphatic heterocycles. The van der Waals surface area contributed by atoms with E-state index in [4.69, 9.17) is 4.74 Å². The Morgan fingerprint density at radius 2 is 1.76 bits per heavy atom. The van der Waals surface area contributed by atoms with E-state index in [1.54, 1.807) is 36.1 Å². The van der Waals surface area contributed by atoms with Gasteiger partial charge in [0.2, 0.25) is 0 Å². The molecule has 25 heavy (non-hydrogen) atoms. The van der Waals surface area contributed by atoms with Crippen LogP contribution in [-0.2, 0) is 9.53 Å². The van der Waals surface area contributed by atoms with Gasteiger partial charge in [0.1, 0.15) is 6.33 Å². The third-order valence-corrected chi connectivity index (χ3v) is 4.27. The Bertz CT molecular complexity index is 706. The number of aromatic nitrogens is 4. The van der Waals surface area contributed by atoms with Crippen LogP contribution in [0.3, 0.4) is 0 Å². The number of esters is 1. The fraction of sp³-hybridized carbons (Fsp3) is 0.471. The summed E-state index contributed by atoms with van der Waals surface area (Å²) in [5, 5.41) is 10.9. The lowest BCUT2D eigenvalue weighted by Gasteiger charge is -2.24. The van der Waals surface area contributed by atoms with Crippen LogP contribution in [0.1, 0.15) is 43.0 Å². The molecule has 1 aromatic heterocycles. The Balaban J connectivity index is 1.60. The Labute approximate surface area is 145 Å². The molecule has 1 saturated heterocycles. The Kier molecular flexibility index (Phi) is 5.37. The molecule has 1 amide bonds. The third-order valence-electron chi connectivity index (χ3n) is 4.27. The second kappa shape index (κ2) is 7.87. The predicted molar refractivity (Wildman–Crippen MR) is 89.1 cm³/mol. The van der Waals surface area contributed by atoms with Crippen molar-refractivity contribution in [2.75, 3.05) is 13.1 Å². The number of nitrogens with zero attached hydrogens (tertiary/aromatic N) is 5. The molecule has 0 saturated carbocycles. The normalized spacial score (nSPS) is 16.1. The molecule has 132 valence electrons. The second-order valence-electron chi connectivity index (χ2n) is 6.09. The molecule has 0 radical (unpaired) electrons. The summed E-state index contributed by atoms with van der Waals surface area (Å²) in [6.07, 6.45) is 4.98. The van der Waals surface area contributed by atoms with Gasteiger partial charge in [-0.05, 0) is 54.5 Å². The Morgan fingerprint density at radius 3 is 2.36 bits per heavy atom. The molecule has 2 aromatic rings. The number of carbonyl (C=O) groups is 2. The number of hydrogen-bond acceptors (Lipinski definition) is 6. The lowest BCUT2D eigenvalue weighted by Crippen LogP contribution is -2.40. The number of hydrogen-bond donors (Lipinski definition) is 0. The van der Waals surface area contributed by atoms with E-state index in [1.807, 2.05) is 0 Å². The predicted octanol–water partition coefficient (Wildman–Crippen LogP) is 1.61. The highest BCUT2D eigenvalue weighted by Gasteiger charge is 2.24. The number of amides is 1. The van der Waals surface area contributed by atoms with Crippen molar-refractivity contribution in [3.8, 4) is 5.69 Å². The van der Waals surface area contributed by atoms with Crippen LogP contribution in [0.5, 0.6) is 0 Å². The number of ether oxygens (including phenoxy) is 1. The van der Waals surface area contributed by atoms with Crippen molar-refractivity contribution in [1.29, 1.82) is 0 Å². The summed E-state index contributed by atoms with van der Waals surface area (Å²) in [5.41, 5.74) is 1.11. The molecule has 3 rings (SSSR count). The first-order chi connectivity index (χ1) is 12.1. The van der Waals surface area contributed by atoms with E-state index < -0.39 is 12.1 Å². The van der Waals surface area contributed by atoms with E-state index in [0.717, 1.165) is 44.5 Å². The summed E-state index contributed by atoms with van der Waals surface area (Å²) < 4.78 is 6.83. The van der Waals surface area contributed by atoms with Gasteiger partial charge < -0.3 is 9.64 Å². The van der Waals surface area contributed by atoms with Crippen LogP contribution in [-0.4, -0.2) is 56.2 Å². The maximum absolute atomic E-state index is 12.5. The highest BCUT2D eigenvalue weighted by molar-refractivity contribution is 5.92. The van der Waals surface area contributed by atoms with Crippen molar-refractivity contribution in [3.63, 3.8) is 0 Å². The van der Waals surface area contributed by atoms with Crippen LogP contribution < -0.4 is 0 Å². The standard InChI is InChI=1S/C17H21N5O3/c1-13(16(23)21-10-4-2-3-5-11-21)25-17(24)14-6-8-15(9-7-14)22-12-18-19-20-22/h6-9,12-13H,2-5,10-11H2,1H3. The second-order valence-corrected chi connectivity index (χ2v) is 6.09. The van der Waals surface area contributed by atoms with E-state index in [-0.39, 0.29) is 5.91 Å². The van der Waals surface area contributed by atoms with Gasteiger partial charge in [0.05, 0.1) is 11.3 Å². The molecule has 2 heterocycles. The first-order valence-electron chi connectivity index (χ1n) is 8.48. The molecule has 1 fully saturated rings. The van der Waals surface area contributed by atoms with Gasteiger partial charge in [0.25, 0.3) is 5.91 Å². The summed E-state index contributed by atoms with van der Waals surface area (Å²) >= 11 is 0. The molecule has 1 aliphatic rings. The summed E-state index contributed by atoms with van der Waals surface area (Å²) in [6.45, 7) is 3.10. The minimum atomic E-state index is -0.787. The SMILES string of the molecule is CC(OC(=O)c1ccc(-n2cnnn2)cc1)C(=O)N1CCCCCC1. The van der Waals surface area contributed by atoms with Crippen molar-refractivity contribution in [2.24, 2.45) is 0 Å². The molecule has 0 N–H and O–H groups in total. The van der Waals surface area contributed by atoms with E-state index >= 15 is 0 Å². The number of carbonyl (C=O) groups excluding carboxylic acids is 2. The van der Waals surface area contributed by atoms with E-state index in [2.05, 4.69) is 15.5 Å². The summed E-state index contributed by atoms with van der Waals surface area (Å²) in [4.78, 5) is 26.5. The zero-order valence-electron chi connectivity index (χ0n) is 14.2. The van der Waals surface area contributed by atoms with Gasteiger partial charge >= 0.3 is 5.97 Å². The Hall–Kier alpha value is -2.77. The van der Waals surface area contributed by atoms with Gasteiger partial charge in [-0.3, -0.25) is 4.79 Å². The minimum absolute atomic E-state index is 0.124. The molecule has 0 spiro atoms. The summed E-state index contributed by atoms with van der Waals surface area (Å²) in [7, 11) is 0. The van der Waals surface area contributed by atoms with Crippen LogP contribution in [0, 0.1) is 0 Å². The highest BCUT2D eigenvalue weighted by atomic mass is 16.5. The third kappa shape index (κ3) is 4.20. The van der Waals surface area contributed by atoms with Crippen molar-refractivity contribution < 1.29 is 14.3 Å². The fourth-order valence-electron chi connectivity index (χ4n) is 2.86. The van der Waals surface area contributed by atoms with Crippen molar-refractivity contribution in [3.05, 3.63) is 36.2 Å². The van der Waals surface area contributed by atoms with Crippen LogP contribution in [0.2, 0.25) is 0 Å². The number of likely N-dealkylation sites (tertiary alicyclic amines) is 1. The number of tetrazole rings is 1. The van der Waals surface area contributed by atoms with Gasteiger partial charge in [-0.2, -0.15) is 0 Å². The van der Waals surface area contributed by atoms with E-state index in [1.165, 1.54) is 11.0 Å². The van der Waals surface area contributed by atoms with Gasteiger partial charge in [-0.25, -0.2) is 9.48 Å². The van der Waals surface area contributed by atoms with E-state index in [9.17, 15) is 9.59 Å². The van der Waals surface area contributed by atoms with Gasteiger partial charge in [-0.1, -0.05) is 12.8 Å². The molecule has 0 aliphatic carbocycles. The smallest absolute Gasteiger partial charge is 0.338 e. The van der Waals surface area contributed by atoms with Crippen LogP contribution >= 0.6 is 0 Å². The van der Waals surface area contributed by atoms with E-state index in [0.29, 0.717) is 5.56 Å². The monoisotopic (exact) mass is 343 g/mol. The topological polar surface area (TPSA) is 90.2 Å². The lowest BCUT2D eigenvalue weighted by molar-refractivity contribution is -0.139.